The Bertz CT molecular complexity index is 3190. The first kappa shape index (κ1) is 35.9. The fourth-order valence-corrected chi connectivity index (χ4v) is 7.87. The maximum absolute atomic E-state index is 16.0. The molecule has 280 valence electrons. The molecule has 0 amide bonds. The highest BCUT2D eigenvalue weighted by molar-refractivity contribution is 6.12. The van der Waals surface area contributed by atoms with E-state index in [9.17, 15) is 10.5 Å². The van der Waals surface area contributed by atoms with E-state index >= 15 is 4.39 Å². The largest absolute Gasteiger partial charge is 0.309 e. The zero-order chi connectivity index (χ0) is 40.6. The summed E-state index contributed by atoms with van der Waals surface area (Å²) in [5.41, 5.74) is 10.8. The second-order valence-corrected chi connectivity index (χ2v) is 14.4. The van der Waals surface area contributed by atoms with Crippen molar-refractivity contribution in [3.05, 3.63) is 205 Å². The summed E-state index contributed by atoms with van der Waals surface area (Å²) in [6.45, 7) is 0. The molecule has 0 atom stereocenters. The predicted octanol–water partition coefficient (Wildman–Crippen LogP) is 12.9. The molecular formula is C53H31FN6. The van der Waals surface area contributed by atoms with E-state index < -0.39 is 0 Å². The van der Waals surface area contributed by atoms with Gasteiger partial charge in [-0.3, -0.25) is 0 Å². The van der Waals surface area contributed by atoms with Gasteiger partial charge in [0.1, 0.15) is 5.82 Å². The van der Waals surface area contributed by atoms with Crippen LogP contribution in [0.1, 0.15) is 11.1 Å². The number of halogens is 1. The van der Waals surface area contributed by atoms with Crippen molar-refractivity contribution < 1.29 is 4.39 Å². The summed E-state index contributed by atoms with van der Waals surface area (Å²) in [5.74, 6) is 1.18. The lowest BCUT2D eigenvalue weighted by molar-refractivity contribution is 0.631. The van der Waals surface area contributed by atoms with E-state index in [4.69, 9.17) is 15.0 Å². The molecule has 0 N–H and O–H groups in total. The van der Waals surface area contributed by atoms with Gasteiger partial charge in [-0.15, -0.1) is 0 Å². The van der Waals surface area contributed by atoms with Gasteiger partial charge < -0.3 is 4.57 Å². The first-order valence-corrected chi connectivity index (χ1v) is 19.4. The van der Waals surface area contributed by atoms with E-state index in [0.717, 1.165) is 55.2 Å². The summed E-state index contributed by atoms with van der Waals surface area (Å²) in [4.78, 5) is 15.0. The van der Waals surface area contributed by atoms with Crippen LogP contribution in [0.2, 0.25) is 0 Å². The SMILES string of the molecule is N#Cc1cccc(-c2ccc3c4ccc(-c5cccc(C#N)c5)cc4n(-c4cc(-c5nc(-c6ccccc6)nc(-c6ccccc6)n5)ccc4-c4ccccc4F)c3c2)c1. The van der Waals surface area contributed by atoms with Gasteiger partial charge in [0.2, 0.25) is 0 Å². The van der Waals surface area contributed by atoms with Crippen molar-refractivity contribution in [1.29, 1.82) is 10.5 Å². The summed E-state index contributed by atoms with van der Waals surface area (Å²) in [6, 6.07) is 64.6. The molecule has 0 radical (unpaired) electrons. The lowest BCUT2D eigenvalue weighted by atomic mass is 9.99. The molecule has 7 heteroatoms. The van der Waals surface area contributed by atoms with Crippen LogP contribution in [0, 0.1) is 28.5 Å². The van der Waals surface area contributed by atoms with Gasteiger partial charge in [-0.1, -0.05) is 140 Å². The number of hydrogen-bond donors (Lipinski definition) is 0. The zero-order valence-electron chi connectivity index (χ0n) is 32.0. The zero-order valence-corrected chi connectivity index (χ0v) is 32.0. The molecule has 10 rings (SSSR count). The Kier molecular flexibility index (Phi) is 9.02. The molecule has 6 nitrogen and oxygen atoms in total. The van der Waals surface area contributed by atoms with Crippen LogP contribution < -0.4 is 0 Å². The monoisotopic (exact) mass is 770 g/mol. The van der Waals surface area contributed by atoms with Crippen LogP contribution in [0.5, 0.6) is 0 Å². The van der Waals surface area contributed by atoms with Gasteiger partial charge >= 0.3 is 0 Å². The summed E-state index contributed by atoms with van der Waals surface area (Å²) < 4.78 is 18.2. The van der Waals surface area contributed by atoms with Crippen LogP contribution in [0.4, 0.5) is 4.39 Å². The van der Waals surface area contributed by atoms with E-state index in [0.29, 0.717) is 51.0 Å². The molecule has 0 fully saturated rings. The van der Waals surface area contributed by atoms with E-state index in [-0.39, 0.29) is 5.82 Å². The van der Waals surface area contributed by atoms with E-state index in [2.05, 4.69) is 53.1 Å². The van der Waals surface area contributed by atoms with Crippen LogP contribution in [-0.2, 0) is 0 Å². The molecule has 10 aromatic rings. The third-order valence-electron chi connectivity index (χ3n) is 10.8. The normalized spacial score (nSPS) is 11.1. The number of fused-ring (bicyclic) bond motifs is 3. The summed E-state index contributed by atoms with van der Waals surface area (Å²) >= 11 is 0. The molecule has 0 spiro atoms. The van der Waals surface area contributed by atoms with Gasteiger partial charge in [-0.2, -0.15) is 10.5 Å². The molecule has 0 aliphatic heterocycles. The third-order valence-corrected chi connectivity index (χ3v) is 10.8. The maximum Gasteiger partial charge on any atom is 0.164 e. The molecule has 0 aliphatic carbocycles. The van der Waals surface area contributed by atoms with E-state index in [1.807, 2.05) is 121 Å². The molecule has 2 heterocycles. The topological polar surface area (TPSA) is 91.2 Å². The van der Waals surface area contributed by atoms with Crippen LogP contribution in [0.15, 0.2) is 188 Å². The minimum atomic E-state index is -0.354. The Labute approximate surface area is 345 Å². The Morgan fingerprint density at radius 3 is 1.35 bits per heavy atom. The van der Waals surface area contributed by atoms with Crippen molar-refractivity contribution in [3.8, 4) is 85.4 Å². The molecule has 2 aromatic heterocycles. The Morgan fingerprint density at radius 1 is 0.383 bits per heavy atom. The standard InChI is InChI=1S/C53H31FN6/c54-47-20-8-7-19-43(47)44-26-23-42(53-58-51(36-13-3-1-4-14-36)57-52(59-53)37-15-5-2-6-16-37)31-50(44)60-48-29-40(38-17-9-11-34(27-38)32-55)21-24-45(48)46-25-22-41(30-49(46)60)39-18-10-12-35(28-39)33-56/h1-31H. The molecule has 0 saturated heterocycles. The molecule has 8 aromatic carbocycles. The first-order valence-electron chi connectivity index (χ1n) is 19.4. The highest BCUT2D eigenvalue weighted by Crippen LogP contribution is 2.41. The fraction of sp³-hybridized carbons (Fsp3) is 0. The molecule has 60 heavy (non-hydrogen) atoms. The molecular weight excluding hydrogens is 740 g/mol. The molecule has 0 aliphatic rings. The van der Waals surface area contributed by atoms with Gasteiger partial charge in [0.05, 0.1) is 40.0 Å². The summed E-state index contributed by atoms with van der Waals surface area (Å²) in [5, 5.41) is 21.5. The number of rotatable bonds is 7. The Balaban J connectivity index is 1.29. The second-order valence-electron chi connectivity index (χ2n) is 14.4. The number of hydrogen-bond acceptors (Lipinski definition) is 5. The van der Waals surface area contributed by atoms with E-state index in [1.54, 1.807) is 24.3 Å². The van der Waals surface area contributed by atoms with Crippen molar-refractivity contribution in [2.45, 2.75) is 0 Å². The van der Waals surface area contributed by atoms with Gasteiger partial charge in [0, 0.05) is 38.6 Å². The van der Waals surface area contributed by atoms with E-state index in [1.165, 1.54) is 6.07 Å². The van der Waals surface area contributed by atoms with Gasteiger partial charge in [0.25, 0.3) is 0 Å². The van der Waals surface area contributed by atoms with Crippen molar-refractivity contribution in [2.24, 2.45) is 0 Å². The summed E-state index contributed by atoms with van der Waals surface area (Å²) in [7, 11) is 0. The van der Waals surface area contributed by atoms with Crippen LogP contribution >= 0.6 is 0 Å². The highest BCUT2D eigenvalue weighted by atomic mass is 19.1. The first-order chi connectivity index (χ1) is 29.5. The summed E-state index contributed by atoms with van der Waals surface area (Å²) in [6.07, 6.45) is 0. The number of benzene rings is 8. The number of nitriles is 2. The lowest BCUT2D eigenvalue weighted by Crippen LogP contribution is -2.03. The van der Waals surface area contributed by atoms with Crippen LogP contribution in [0.3, 0.4) is 0 Å². The minimum Gasteiger partial charge on any atom is -0.309 e. The minimum absolute atomic E-state index is 0.354. The quantitative estimate of drug-likeness (QED) is 0.161. The molecule has 0 bridgehead atoms. The fourth-order valence-electron chi connectivity index (χ4n) is 7.87. The van der Waals surface area contributed by atoms with Crippen molar-refractivity contribution in [3.63, 3.8) is 0 Å². The smallest absolute Gasteiger partial charge is 0.164 e. The maximum atomic E-state index is 16.0. The number of nitrogens with zero attached hydrogens (tertiary/aromatic N) is 6. The average Bonchev–Trinajstić information content (AvgIpc) is 3.64. The Morgan fingerprint density at radius 2 is 0.833 bits per heavy atom. The van der Waals surface area contributed by atoms with Crippen molar-refractivity contribution in [2.75, 3.05) is 0 Å². The Hall–Kier alpha value is -8.52. The van der Waals surface area contributed by atoms with Gasteiger partial charge in [-0.05, 0) is 70.8 Å². The van der Waals surface area contributed by atoms with Crippen molar-refractivity contribution in [1.82, 2.24) is 19.5 Å². The molecule has 0 unspecified atom stereocenters. The van der Waals surface area contributed by atoms with Gasteiger partial charge in [-0.25, -0.2) is 19.3 Å². The third kappa shape index (κ3) is 6.53. The van der Waals surface area contributed by atoms with Crippen LogP contribution in [-0.4, -0.2) is 19.5 Å². The average molecular weight is 771 g/mol. The molecule has 0 saturated carbocycles. The lowest BCUT2D eigenvalue weighted by Gasteiger charge is -2.17. The highest BCUT2D eigenvalue weighted by Gasteiger charge is 2.21. The second kappa shape index (κ2) is 15.1. The van der Waals surface area contributed by atoms with Gasteiger partial charge in [0.15, 0.2) is 17.5 Å². The number of aromatic nitrogens is 4. The van der Waals surface area contributed by atoms with Crippen molar-refractivity contribution >= 4 is 21.8 Å². The van der Waals surface area contributed by atoms with Crippen LogP contribution in [0.25, 0.3) is 95.0 Å². The predicted molar refractivity (Wildman–Crippen MR) is 236 cm³/mol.